The minimum absolute atomic E-state index is 0.0139. The van der Waals surface area contributed by atoms with Crippen LogP contribution >= 0.6 is 11.3 Å². The van der Waals surface area contributed by atoms with Crippen LogP contribution < -0.4 is 11.2 Å². The van der Waals surface area contributed by atoms with E-state index in [1.165, 1.54) is 11.4 Å². The van der Waals surface area contributed by atoms with Gasteiger partial charge < -0.3 is 9.67 Å². The number of fused-ring (bicyclic) bond motifs is 2. The van der Waals surface area contributed by atoms with Crippen LogP contribution in [-0.4, -0.2) is 25.2 Å². The summed E-state index contributed by atoms with van der Waals surface area (Å²) in [6.45, 7) is -0.611. The van der Waals surface area contributed by atoms with Gasteiger partial charge in [0.15, 0.2) is 5.69 Å². The van der Waals surface area contributed by atoms with E-state index in [9.17, 15) is 41.4 Å². The SMILES string of the molecule is O=C(O)c1c(-n2c(=O)[nH]c3sccc3c2=O)c2cc(C(F)(F)F)ccc2n1Cc1cc(F)ccc1F. The van der Waals surface area contributed by atoms with Gasteiger partial charge in [-0.25, -0.2) is 22.9 Å². The first-order valence-corrected chi connectivity index (χ1v) is 11.0. The Hall–Kier alpha value is -4.26. The number of thiophene rings is 1. The summed E-state index contributed by atoms with van der Waals surface area (Å²) < 4.78 is 70.2. The Morgan fingerprint density at radius 1 is 1.03 bits per heavy atom. The van der Waals surface area contributed by atoms with Crippen molar-refractivity contribution in [2.75, 3.05) is 0 Å². The van der Waals surface area contributed by atoms with Crippen LogP contribution in [0.2, 0.25) is 0 Å². The van der Waals surface area contributed by atoms with Gasteiger partial charge in [-0.15, -0.1) is 11.3 Å². The van der Waals surface area contributed by atoms with E-state index in [4.69, 9.17) is 0 Å². The highest BCUT2D eigenvalue weighted by Crippen LogP contribution is 2.36. The fraction of sp³-hybridized carbons (Fsp3) is 0.0870. The van der Waals surface area contributed by atoms with Gasteiger partial charge in [-0.3, -0.25) is 9.78 Å². The van der Waals surface area contributed by atoms with Crippen LogP contribution in [0.25, 0.3) is 26.8 Å². The molecule has 0 saturated carbocycles. The lowest BCUT2D eigenvalue weighted by molar-refractivity contribution is -0.137. The summed E-state index contributed by atoms with van der Waals surface area (Å²) in [5.74, 6) is -3.42. The highest BCUT2D eigenvalue weighted by Gasteiger charge is 2.33. The third-order valence-electron chi connectivity index (χ3n) is 5.65. The second-order valence-electron chi connectivity index (χ2n) is 7.79. The van der Waals surface area contributed by atoms with E-state index in [2.05, 4.69) is 4.98 Å². The molecule has 3 heterocycles. The normalized spacial score (nSPS) is 12.0. The lowest BCUT2D eigenvalue weighted by atomic mass is 10.1. The van der Waals surface area contributed by atoms with Crippen molar-refractivity contribution in [3.05, 3.63) is 97.1 Å². The molecule has 0 aliphatic heterocycles. The standard InChI is InChI=1S/C23H12F5N3O4S/c24-12-2-3-15(25)10(7-12)9-30-16-4-1-11(23(26,27)28)8-14(16)17(18(30)21(33)34)31-20(32)13-5-6-36-19(13)29-22(31)35/h1-8H,9H2,(H,29,35)(H,33,34). The van der Waals surface area contributed by atoms with E-state index < -0.39 is 58.5 Å². The fourth-order valence-corrected chi connectivity index (χ4v) is 4.87. The Morgan fingerprint density at radius 2 is 1.78 bits per heavy atom. The van der Waals surface area contributed by atoms with Crippen molar-refractivity contribution in [3.8, 4) is 5.69 Å². The van der Waals surface area contributed by atoms with E-state index in [1.807, 2.05) is 0 Å². The zero-order chi connectivity index (χ0) is 25.9. The van der Waals surface area contributed by atoms with Gasteiger partial charge in [0.2, 0.25) is 0 Å². The number of hydrogen-bond donors (Lipinski definition) is 2. The summed E-state index contributed by atoms with van der Waals surface area (Å²) in [5.41, 5.74) is -5.01. The number of rotatable bonds is 4. The van der Waals surface area contributed by atoms with Gasteiger partial charge in [0.1, 0.15) is 16.5 Å². The Morgan fingerprint density at radius 3 is 2.47 bits per heavy atom. The van der Waals surface area contributed by atoms with Crippen LogP contribution in [0.3, 0.4) is 0 Å². The van der Waals surface area contributed by atoms with E-state index in [-0.39, 0.29) is 26.7 Å². The maximum atomic E-state index is 14.4. The number of alkyl halides is 3. The molecule has 5 rings (SSSR count). The molecular formula is C23H12F5N3O4S. The van der Waals surface area contributed by atoms with Crippen molar-refractivity contribution >= 4 is 38.4 Å². The van der Waals surface area contributed by atoms with Crippen molar-refractivity contribution < 1.29 is 31.9 Å². The van der Waals surface area contributed by atoms with Crippen LogP contribution in [-0.2, 0) is 12.7 Å². The van der Waals surface area contributed by atoms with E-state index in [0.717, 1.165) is 40.2 Å². The third kappa shape index (κ3) is 3.68. The first kappa shape index (κ1) is 23.5. The Bertz CT molecular complexity index is 1810. The maximum absolute atomic E-state index is 14.4. The highest BCUT2D eigenvalue weighted by atomic mass is 32.1. The number of H-pyrrole nitrogens is 1. The molecule has 0 radical (unpaired) electrons. The first-order chi connectivity index (χ1) is 17.0. The van der Waals surface area contributed by atoms with E-state index >= 15 is 0 Å². The molecule has 0 aliphatic carbocycles. The van der Waals surface area contributed by atoms with Crippen molar-refractivity contribution in [2.45, 2.75) is 12.7 Å². The molecule has 3 aromatic heterocycles. The third-order valence-corrected chi connectivity index (χ3v) is 6.48. The molecule has 36 heavy (non-hydrogen) atoms. The molecule has 7 nitrogen and oxygen atoms in total. The number of hydrogen-bond acceptors (Lipinski definition) is 4. The molecule has 0 atom stereocenters. The molecule has 5 aromatic rings. The first-order valence-electron chi connectivity index (χ1n) is 10.1. The van der Waals surface area contributed by atoms with Crippen LogP contribution in [0.15, 0.2) is 57.4 Å². The lowest BCUT2D eigenvalue weighted by Crippen LogP contribution is -2.34. The van der Waals surface area contributed by atoms with Crippen LogP contribution in [0.5, 0.6) is 0 Å². The van der Waals surface area contributed by atoms with Crippen molar-refractivity contribution in [1.29, 1.82) is 0 Å². The molecule has 13 heteroatoms. The fourth-order valence-electron chi connectivity index (χ4n) is 4.10. The summed E-state index contributed by atoms with van der Waals surface area (Å²) in [4.78, 5) is 41.1. The minimum atomic E-state index is -4.83. The smallest absolute Gasteiger partial charge is 0.416 e. The van der Waals surface area contributed by atoms with Crippen molar-refractivity contribution in [2.24, 2.45) is 0 Å². The molecule has 0 unspecified atom stereocenters. The van der Waals surface area contributed by atoms with Crippen LogP contribution in [0.4, 0.5) is 22.0 Å². The number of aromatic nitrogens is 3. The summed E-state index contributed by atoms with van der Waals surface area (Å²) in [5, 5.41) is 11.2. The largest absolute Gasteiger partial charge is 0.477 e. The zero-order valence-electron chi connectivity index (χ0n) is 17.7. The number of carboxylic acids is 1. The number of nitrogens with zero attached hydrogens (tertiary/aromatic N) is 2. The highest BCUT2D eigenvalue weighted by molar-refractivity contribution is 7.16. The Kier molecular flexibility index (Phi) is 5.32. The zero-order valence-corrected chi connectivity index (χ0v) is 18.5. The predicted octanol–water partition coefficient (Wildman–Crippen LogP) is 4.74. The number of aromatic carboxylic acids is 1. The maximum Gasteiger partial charge on any atom is 0.416 e. The number of carbonyl (C=O) groups is 1. The van der Waals surface area contributed by atoms with Gasteiger partial charge in [0.05, 0.1) is 28.7 Å². The number of nitrogens with one attached hydrogen (secondary N) is 1. The van der Waals surface area contributed by atoms with Gasteiger partial charge >= 0.3 is 17.8 Å². The molecule has 0 bridgehead atoms. The van der Waals surface area contributed by atoms with Gasteiger partial charge in [-0.1, -0.05) is 0 Å². The van der Waals surface area contributed by atoms with E-state index in [0.29, 0.717) is 16.7 Å². The number of aromatic amines is 1. The summed E-state index contributed by atoms with van der Waals surface area (Å²) >= 11 is 1.03. The summed E-state index contributed by atoms with van der Waals surface area (Å²) in [6, 6.07) is 6.10. The number of benzene rings is 2. The van der Waals surface area contributed by atoms with Crippen LogP contribution in [0, 0.1) is 11.6 Å². The quantitative estimate of drug-likeness (QED) is 0.334. The molecular weight excluding hydrogens is 509 g/mol. The number of halogens is 5. The molecule has 0 amide bonds. The minimum Gasteiger partial charge on any atom is -0.477 e. The Balaban J connectivity index is 1.94. The van der Waals surface area contributed by atoms with Gasteiger partial charge in [-0.2, -0.15) is 13.2 Å². The molecule has 0 fully saturated rings. The van der Waals surface area contributed by atoms with E-state index in [1.54, 1.807) is 0 Å². The molecule has 0 saturated heterocycles. The second kappa shape index (κ2) is 8.16. The average Bonchev–Trinajstić information content (AvgIpc) is 3.38. The molecule has 0 spiro atoms. The molecule has 0 aliphatic rings. The topological polar surface area (TPSA) is 97.1 Å². The predicted molar refractivity (Wildman–Crippen MR) is 121 cm³/mol. The van der Waals surface area contributed by atoms with Gasteiger partial charge in [0, 0.05) is 10.9 Å². The Labute approximate surface area is 200 Å². The summed E-state index contributed by atoms with van der Waals surface area (Å²) in [7, 11) is 0. The monoisotopic (exact) mass is 521 g/mol. The van der Waals surface area contributed by atoms with Gasteiger partial charge in [0.25, 0.3) is 5.56 Å². The lowest BCUT2D eigenvalue weighted by Gasteiger charge is -2.11. The number of carboxylic acid groups (broad SMARTS) is 1. The average molecular weight is 521 g/mol. The molecule has 184 valence electrons. The van der Waals surface area contributed by atoms with Gasteiger partial charge in [-0.05, 0) is 47.8 Å². The van der Waals surface area contributed by atoms with Crippen molar-refractivity contribution in [1.82, 2.24) is 14.1 Å². The second-order valence-corrected chi connectivity index (χ2v) is 8.70. The van der Waals surface area contributed by atoms with Crippen LogP contribution in [0.1, 0.15) is 21.6 Å². The molecule has 2 N–H and O–H groups in total. The molecule has 2 aromatic carbocycles. The summed E-state index contributed by atoms with van der Waals surface area (Å²) in [6.07, 6.45) is -4.83. The van der Waals surface area contributed by atoms with Crippen molar-refractivity contribution in [3.63, 3.8) is 0 Å².